The Morgan fingerprint density at radius 2 is 1.83 bits per heavy atom. The van der Waals surface area contributed by atoms with Gasteiger partial charge in [0.25, 0.3) is 0 Å². The molecule has 0 radical (unpaired) electrons. The monoisotopic (exact) mass is 418 g/mol. The van der Waals surface area contributed by atoms with Crippen LogP contribution in [0.15, 0.2) is 6.07 Å². The zero-order valence-electron chi connectivity index (χ0n) is 17.5. The van der Waals surface area contributed by atoms with Gasteiger partial charge in [0.1, 0.15) is 11.6 Å². The van der Waals surface area contributed by atoms with E-state index in [1.807, 2.05) is 0 Å². The van der Waals surface area contributed by atoms with Crippen LogP contribution in [0.25, 0.3) is 0 Å². The maximum Gasteiger partial charge on any atom is 0.232 e. The lowest BCUT2D eigenvalue weighted by Crippen LogP contribution is -2.37. The molecule has 1 aromatic rings. The first-order valence-corrected chi connectivity index (χ1v) is 11.6. The fourth-order valence-corrected chi connectivity index (χ4v) is 4.65. The van der Waals surface area contributed by atoms with Crippen molar-refractivity contribution in [2.45, 2.75) is 58.0 Å². The van der Waals surface area contributed by atoms with Gasteiger partial charge in [-0.2, -0.15) is 9.97 Å². The normalized spacial score (nSPS) is 25.1. The van der Waals surface area contributed by atoms with Gasteiger partial charge in [0, 0.05) is 45.4 Å². The van der Waals surface area contributed by atoms with Gasteiger partial charge in [-0.25, -0.2) is 0 Å². The van der Waals surface area contributed by atoms with Gasteiger partial charge in [0.15, 0.2) is 5.11 Å². The van der Waals surface area contributed by atoms with Gasteiger partial charge in [0.05, 0.1) is 6.10 Å². The zero-order chi connectivity index (χ0) is 20.1. The third kappa shape index (κ3) is 5.69. The molecule has 0 aliphatic carbocycles. The smallest absolute Gasteiger partial charge is 0.232 e. The summed E-state index contributed by atoms with van der Waals surface area (Å²) in [6.45, 7) is 8.14. The van der Waals surface area contributed by atoms with Crippen molar-refractivity contribution in [2.24, 2.45) is 5.92 Å². The number of hydrogen-bond acceptors (Lipinski definition) is 6. The van der Waals surface area contributed by atoms with Gasteiger partial charge in [-0.3, -0.25) is 0 Å². The minimum absolute atomic E-state index is 0.251. The van der Waals surface area contributed by atoms with Crippen molar-refractivity contribution in [3.63, 3.8) is 0 Å². The van der Waals surface area contributed by atoms with Crippen LogP contribution in [0.2, 0.25) is 0 Å². The first kappa shape index (κ1) is 20.6. The van der Waals surface area contributed by atoms with Crippen molar-refractivity contribution in [2.75, 3.05) is 54.4 Å². The lowest BCUT2D eigenvalue weighted by Gasteiger charge is -2.33. The average molecular weight is 419 g/mol. The van der Waals surface area contributed by atoms with Crippen molar-refractivity contribution in [3.8, 4) is 0 Å². The van der Waals surface area contributed by atoms with Gasteiger partial charge in [-0.1, -0.05) is 6.92 Å². The SMILES string of the molecule is C[C@H]1CCCN(c2cc(N3CCCCC3)nc(NC(=S)NC[C@@H]3CCCO3)n2)C1. The highest BCUT2D eigenvalue weighted by Crippen LogP contribution is 2.27. The van der Waals surface area contributed by atoms with E-state index in [4.69, 9.17) is 26.9 Å². The second-order valence-corrected chi connectivity index (χ2v) is 9.03. The predicted molar refractivity (Wildman–Crippen MR) is 122 cm³/mol. The molecule has 0 unspecified atom stereocenters. The van der Waals surface area contributed by atoms with Gasteiger partial charge < -0.3 is 25.2 Å². The van der Waals surface area contributed by atoms with E-state index < -0.39 is 0 Å². The number of nitrogens with one attached hydrogen (secondary N) is 2. The number of ether oxygens (including phenoxy) is 1. The molecule has 4 rings (SSSR count). The van der Waals surface area contributed by atoms with E-state index in [-0.39, 0.29) is 6.10 Å². The van der Waals surface area contributed by atoms with E-state index in [1.54, 1.807) is 0 Å². The molecule has 160 valence electrons. The Morgan fingerprint density at radius 1 is 1.07 bits per heavy atom. The quantitative estimate of drug-likeness (QED) is 0.707. The maximum atomic E-state index is 5.67. The van der Waals surface area contributed by atoms with Crippen molar-refractivity contribution < 1.29 is 4.74 Å². The minimum Gasteiger partial charge on any atom is -0.376 e. The Labute approximate surface area is 179 Å². The van der Waals surface area contributed by atoms with Crippen molar-refractivity contribution >= 4 is 34.9 Å². The largest absolute Gasteiger partial charge is 0.376 e. The van der Waals surface area contributed by atoms with E-state index in [2.05, 4.69) is 33.4 Å². The number of piperidine rings is 2. The van der Waals surface area contributed by atoms with Gasteiger partial charge in [-0.15, -0.1) is 0 Å². The van der Waals surface area contributed by atoms with Crippen molar-refractivity contribution in [3.05, 3.63) is 6.07 Å². The standard InChI is InChI=1S/C21H34N6OS/c1-16-7-5-11-27(15-16)19-13-18(26-9-3-2-4-10-26)23-20(24-19)25-21(29)22-14-17-8-6-12-28-17/h13,16-17H,2-12,14-15H2,1H3,(H2,22,23,24,25,29)/t16-,17-/m0/s1. The Balaban J connectivity index is 1.48. The number of nitrogens with zero attached hydrogens (tertiary/aromatic N) is 4. The molecule has 4 heterocycles. The summed E-state index contributed by atoms with van der Waals surface area (Å²) >= 11 is 5.50. The molecule has 0 amide bonds. The summed E-state index contributed by atoms with van der Waals surface area (Å²) in [5.74, 6) is 3.31. The van der Waals surface area contributed by atoms with Crippen molar-refractivity contribution in [1.82, 2.24) is 15.3 Å². The Bertz CT molecular complexity index is 690. The Kier molecular flexibility index (Phi) is 7.02. The van der Waals surface area contributed by atoms with Crippen LogP contribution in [-0.4, -0.2) is 60.5 Å². The Morgan fingerprint density at radius 3 is 2.55 bits per heavy atom. The van der Waals surface area contributed by atoms with Crippen LogP contribution in [0.4, 0.5) is 17.6 Å². The minimum atomic E-state index is 0.251. The van der Waals surface area contributed by atoms with Gasteiger partial charge in [0.2, 0.25) is 5.95 Å². The summed E-state index contributed by atoms with van der Waals surface area (Å²) in [4.78, 5) is 14.4. The number of aromatic nitrogens is 2. The molecule has 3 aliphatic heterocycles. The molecule has 0 saturated carbocycles. The number of hydrogen-bond donors (Lipinski definition) is 2. The first-order chi connectivity index (χ1) is 14.2. The molecule has 3 aliphatic rings. The van der Waals surface area contributed by atoms with Crippen LogP contribution < -0.4 is 20.4 Å². The summed E-state index contributed by atoms with van der Waals surface area (Å²) in [5, 5.41) is 7.06. The summed E-state index contributed by atoms with van der Waals surface area (Å²) in [6.07, 6.45) is 8.74. The Hall–Kier alpha value is -1.67. The molecule has 0 bridgehead atoms. The molecule has 2 atom stereocenters. The molecule has 1 aromatic heterocycles. The second-order valence-electron chi connectivity index (χ2n) is 8.62. The maximum absolute atomic E-state index is 5.67. The second kappa shape index (κ2) is 9.89. The summed E-state index contributed by atoms with van der Waals surface area (Å²) in [6, 6.07) is 2.16. The third-order valence-electron chi connectivity index (χ3n) is 6.10. The van der Waals surface area contributed by atoms with E-state index in [0.717, 1.165) is 63.8 Å². The fraction of sp³-hybridized carbons (Fsp3) is 0.762. The highest BCUT2D eigenvalue weighted by molar-refractivity contribution is 7.80. The number of rotatable bonds is 5. The predicted octanol–water partition coefficient (Wildman–Crippen LogP) is 3.17. The molecule has 29 heavy (non-hydrogen) atoms. The molecular formula is C21H34N6OS. The van der Waals surface area contributed by atoms with Crippen LogP contribution in [0.3, 0.4) is 0 Å². The van der Waals surface area contributed by atoms with E-state index in [9.17, 15) is 0 Å². The topological polar surface area (TPSA) is 65.5 Å². The molecular weight excluding hydrogens is 384 g/mol. The first-order valence-electron chi connectivity index (χ1n) is 11.2. The molecule has 3 saturated heterocycles. The van der Waals surface area contributed by atoms with Crippen molar-refractivity contribution in [1.29, 1.82) is 0 Å². The highest BCUT2D eigenvalue weighted by atomic mass is 32.1. The van der Waals surface area contributed by atoms with E-state index in [1.165, 1.54) is 32.1 Å². The summed E-state index contributed by atoms with van der Waals surface area (Å²) in [5.41, 5.74) is 0. The molecule has 8 heteroatoms. The molecule has 0 spiro atoms. The molecule has 3 fully saturated rings. The number of anilines is 3. The van der Waals surface area contributed by atoms with Crippen LogP contribution in [0.1, 0.15) is 51.9 Å². The molecule has 0 aromatic carbocycles. The van der Waals surface area contributed by atoms with E-state index in [0.29, 0.717) is 17.0 Å². The van der Waals surface area contributed by atoms with Crippen LogP contribution in [0.5, 0.6) is 0 Å². The molecule has 2 N–H and O–H groups in total. The third-order valence-corrected chi connectivity index (χ3v) is 6.35. The molecule has 7 nitrogen and oxygen atoms in total. The lowest BCUT2D eigenvalue weighted by atomic mass is 10.0. The average Bonchev–Trinajstić information content (AvgIpc) is 3.26. The fourth-order valence-electron chi connectivity index (χ4n) is 4.48. The van der Waals surface area contributed by atoms with E-state index >= 15 is 0 Å². The summed E-state index contributed by atoms with van der Waals surface area (Å²) < 4.78 is 5.67. The van der Waals surface area contributed by atoms with Crippen LogP contribution >= 0.6 is 12.2 Å². The number of thiocarbonyl (C=S) groups is 1. The van der Waals surface area contributed by atoms with Gasteiger partial charge >= 0.3 is 0 Å². The van der Waals surface area contributed by atoms with Crippen LogP contribution in [0, 0.1) is 5.92 Å². The van der Waals surface area contributed by atoms with Crippen LogP contribution in [-0.2, 0) is 4.74 Å². The van der Waals surface area contributed by atoms with Gasteiger partial charge in [-0.05, 0) is 63.1 Å². The highest BCUT2D eigenvalue weighted by Gasteiger charge is 2.22. The zero-order valence-corrected chi connectivity index (χ0v) is 18.3. The lowest BCUT2D eigenvalue weighted by molar-refractivity contribution is 0.114. The summed E-state index contributed by atoms with van der Waals surface area (Å²) in [7, 11) is 0.